The summed E-state index contributed by atoms with van der Waals surface area (Å²) in [6.45, 7) is 5.07. The minimum Gasteiger partial charge on any atom is -0.467 e. The van der Waals surface area contributed by atoms with Crippen LogP contribution in [-0.4, -0.2) is 73.7 Å². The molecule has 32 heavy (non-hydrogen) atoms. The maximum atomic E-state index is 13.0. The number of Topliss-reactive ketones (excluding diaryl/α,β-unsaturated/α-hetero) is 1. The molecule has 1 heterocycles. The molecular formula is C22H34O10. The van der Waals surface area contributed by atoms with Crippen LogP contribution < -0.4 is 0 Å². The van der Waals surface area contributed by atoms with Crippen LogP contribution in [0.2, 0.25) is 0 Å². The van der Waals surface area contributed by atoms with Gasteiger partial charge in [0.15, 0.2) is 11.6 Å². The zero-order valence-corrected chi connectivity index (χ0v) is 19.6. The van der Waals surface area contributed by atoms with Crippen LogP contribution in [0.5, 0.6) is 0 Å². The van der Waals surface area contributed by atoms with E-state index in [1.807, 2.05) is 0 Å². The standard InChI is InChI=1S/C22H34O10/c1-7-8-9-10-11-12-15(23)17-18(32-21(2,3)31-17)22(27,20(26)30-6)14(19(25)29-5)13-16(24)28-4/h13,17-18,27H,7-12H2,1-6H3/b14-13+/t17-,18+,22-/m0/s1. The van der Waals surface area contributed by atoms with Crippen LogP contribution in [0, 0.1) is 0 Å². The molecule has 3 atom stereocenters. The largest absolute Gasteiger partial charge is 0.467 e. The summed E-state index contributed by atoms with van der Waals surface area (Å²) in [5, 5.41) is 11.5. The summed E-state index contributed by atoms with van der Waals surface area (Å²) >= 11 is 0. The molecule has 0 aromatic carbocycles. The lowest BCUT2D eigenvalue weighted by Crippen LogP contribution is -2.59. The van der Waals surface area contributed by atoms with E-state index in [2.05, 4.69) is 16.4 Å². The maximum Gasteiger partial charge on any atom is 0.345 e. The minimum absolute atomic E-state index is 0.121. The van der Waals surface area contributed by atoms with Gasteiger partial charge >= 0.3 is 17.9 Å². The first kappa shape index (κ1) is 27.7. The Labute approximate surface area is 188 Å². The number of carbonyl (C=O) groups is 4. The second kappa shape index (κ2) is 12.1. The van der Waals surface area contributed by atoms with Crippen LogP contribution >= 0.6 is 0 Å². The fourth-order valence-electron chi connectivity index (χ4n) is 3.49. The monoisotopic (exact) mass is 458 g/mol. The van der Waals surface area contributed by atoms with Crippen molar-refractivity contribution in [3.63, 3.8) is 0 Å². The predicted molar refractivity (Wildman–Crippen MR) is 111 cm³/mol. The van der Waals surface area contributed by atoms with Gasteiger partial charge in [0, 0.05) is 12.5 Å². The van der Waals surface area contributed by atoms with E-state index < -0.39 is 52.9 Å². The molecule has 10 heteroatoms. The summed E-state index contributed by atoms with van der Waals surface area (Å²) < 4.78 is 25.3. The average Bonchev–Trinajstić information content (AvgIpc) is 3.11. The van der Waals surface area contributed by atoms with Crippen LogP contribution in [0.4, 0.5) is 0 Å². The Kier molecular flexibility index (Phi) is 10.5. The molecule has 0 saturated carbocycles. The van der Waals surface area contributed by atoms with Crippen LogP contribution in [0.3, 0.4) is 0 Å². The number of carbonyl (C=O) groups excluding carboxylic acids is 4. The highest BCUT2D eigenvalue weighted by Gasteiger charge is 2.62. The zero-order chi connectivity index (χ0) is 24.5. The molecule has 0 aromatic rings. The third kappa shape index (κ3) is 6.60. The first-order chi connectivity index (χ1) is 15.0. The molecule has 182 valence electrons. The van der Waals surface area contributed by atoms with E-state index in [9.17, 15) is 24.3 Å². The third-order valence-corrected chi connectivity index (χ3v) is 5.13. The third-order valence-electron chi connectivity index (χ3n) is 5.13. The van der Waals surface area contributed by atoms with Crippen molar-refractivity contribution < 1.29 is 48.0 Å². The van der Waals surface area contributed by atoms with E-state index >= 15 is 0 Å². The zero-order valence-electron chi connectivity index (χ0n) is 19.6. The first-order valence-corrected chi connectivity index (χ1v) is 10.6. The van der Waals surface area contributed by atoms with Gasteiger partial charge in [-0.25, -0.2) is 14.4 Å². The van der Waals surface area contributed by atoms with E-state index in [0.29, 0.717) is 12.5 Å². The summed E-state index contributed by atoms with van der Waals surface area (Å²) in [7, 11) is 3.03. The summed E-state index contributed by atoms with van der Waals surface area (Å²) in [6, 6.07) is 0. The second-order valence-electron chi connectivity index (χ2n) is 7.94. The topological polar surface area (TPSA) is 135 Å². The number of aliphatic hydroxyl groups is 1. The molecule has 1 rings (SSSR count). The Morgan fingerprint density at radius 1 is 0.969 bits per heavy atom. The van der Waals surface area contributed by atoms with Crippen molar-refractivity contribution >= 4 is 23.7 Å². The fourth-order valence-corrected chi connectivity index (χ4v) is 3.49. The van der Waals surface area contributed by atoms with E-state index in [-0.39, 0.29) is 6.42 Å². The van der Waals surface area contributed by atoms with Crippen LogP contribution in [0.1, 0.15) is 59.3 Å². The van der Waals surface area contributed by atoms with Gasteiger partial charge in [-0.3, -0.25) is 4.79 Å². The van der Waals surface area contributed by atoms with Crippen molar-refractivity contribution in [3.8, 4) is 0 Å². The summed E-state index contributed by atoms with van der Waals surface area (Å²) in [5.41, 5.74) is -3.68. The van der Waals surface area contributed by atoms with Crippen LogP contribution in [0.25, 0.3) is 0 Å². The van der Waals surface area contributed by atoms with Gasteiger partial charge in [0.05, 0.1) is 26.9 Å². The number of hydrogen-bond acceptors (Lipinski definition) is 10. The van der Waals surface area contributed by atoms with Crippen molar-refractivity contribution in [2.24, 2.45) is 0 Å². The smallest absolute Gasteiger partial charge is 0.345 e. The molecule has 0 unspecified atom stereocenters. The van der Waals surface area contributed by atoms with Crippen LogP contribution in [-0.2, 0) is 42.9 Å². The van der Waals surface area contributed by atoms with Gasteiger partial charge < -0.3 is 28.8 Å². The Morgan fingerprint density at radius 3 is 2.12 bits per heavy atom. The highest BCUT2D eigenvalue weighted by molar-refractivity contribution is 6.05. The molecule has 1 N–H and O–H groups in total. The molecule has 1 saturated heterocycles. The molecule has 0 radical (unpaired) electrons. The van der Waals surface area contributed by atoms with E-state index in [1.54, 1.807) is 0 Å². The fraction of sp³-hybridized carbons (Fsp3) is 0.727. The Hall–Kier alpha value is -2.30. The Morgan fingerprint density at radius 2 is 1.59 bits per heavy atom. The summed E-state index contributed by atoms with van der Waals surface area (Å²) in [5.74, 6) is -5.36. The quantitative estimate of drug-likeness (QED) is 0.199. The van der Waals surface area contributed by atoms with Gasteiger partial charge in [-0.1, -0.05) is 32.6 Å². The van der Waals surface area contributed by atoms with Gasteiger partial charge in [0.25, 0.3) is 0 Å². The van der Waals surface area contributed by atoms with Crippen molar-refractivity contribution in [3.05, 3.63) is 11.6 Å². The Bertz CT molecular complexity index is 726. The van der Waals surface area contributed by atoms with E-state index in [4.69, 9.17) is 14.2 Å². The molecule has 0 bridgehead atoms. The summed E-state index contributed by atoms with van der Waals surface area (Å²) in [4.78, 5) is 50.0. The molecule has 0 amide bonds. The lowest BCUT2D eigenvalue weighted by atomic mass is 9.82. The lowest BCUT2D eigenvalue weighted by molar-refractivity contribution is -0.187. The number of methoxy groups -OCH3 is 3. The number of esters is 3. The SMILES string of the molecule is CCCCCCCC(=O)[C@@H]1OC(C)(C)O[C@H]1[C@](O)(C(=O)OC)/C(=C/C(=O)OC)C(=O)OC. The maximum absolute atomic E-state index is 13.0. The van der Waals surface area contributed by atoms with Gasteiger partial charge in [0.2, 0.25) is 5.60 Å². The summed E-state index contributed by atoms with van der Waals surface area (Å²) in [6.07, 6.45) is 2.15. The van der Waals surface area contributed by atoms with E-state index in [1.165, 1.54) is 13.8 Å². The predicted octanol–water partition coefficient (Wildman–Crippen LogP) is 1.61. The van der Waals surface area contributed by atoms with Crippen LogP contribution in [0.15, 0.2) is 11.6 Å². The molecule has 1 aliphatic rings. The number of unbranched alkanes of at least 4 members (excludes halogenated alkanes) is 4. The van der Waals surface area contributed by atoms with Gasteiger partial charge in [-0.15, -0.1) is 0 Å². The molecular weight excluding hydrogens is 424 g/mol. The highest BCUT2D eigenvalue weighted by atomic mass is 16.8. The molecule has 1 aliphatic heterocycles. The number of ketones is 1. The highest BCUT2D eigenvalue weighted by Crippen LogP contribution is 2.39. The number of ether oxygens (including phenoxy) is 5. The molecule has 0 aliphatic carbocycles. The van der Waals surface area contributed by atoms with Crippen molar-refractivity contribution in [1.29, 1.82) is 0 Å². The van der Waals surface area contributed by atoms with Gasteiger partial charge in [-0.2, -0.15) is 0 Å². The molecule has 1 fully saturated rings. The van der Waals surface area contributed by atoms with Crippen molar-refractivity contribution in [1.82, 2.24) is 0 Å². The number of rotatable bonds is 12. The Balaban J connectivity index is 3.40. The van der Waals surface area contributed by atoms with Crippen molar-refractivity contribution in [2.75, 3.05) is 21.3 Å². The second-order valence-corrected chi connectivity index (χ2v) is 7.94. The van der Waals surface area contributed by atoms with Gasteiger partial charge in [-0.05, 0) is 20.3 Å². The molecule has 0 spiro atoms. The first-order valence-electron chi connectivity index (χ1n) is 10.6. The lowest BCUT2D eigenvalue weighted by Gasteiger charge is -2.33. The van der Waals surface area contributed by atoms with Crippen molar-refractivity contribution in [2.45, 2.75) is 82.9 Å². The average molecular weight is 459 g/mol. The minimum atomic E-state index is -2.88. The molecule has 0 aromatic heterocycles. The van der Waals surface area contributed by atoms with Gasteiger partial charge in [0.1, 0.15) is 12.2 Å². The normalized spacial score (nSPS) is 22.0. The van der Waals surface area contributed by atoms with E-state index in [0.717, 1.165) is 47.0 Å². The number of hydrogen-bond donors (Lipinski definition) is 1. The molecule has 10 nitrogen and oxygen atoms in total.